The molecule has 0 atom stereocenters. The molecule has 1 aromatic heterocycles. The average molecular weight is 464 g/mol. The molecule has 3 aromatic carbocycles. The number of hydrogen-bond donors (Lipinski definition) is 0. The van der Waals surface area contributed by atoms with Crippen molar-refractivity contribution in [2.75, 3.05) is 5.75 Å². The van der Waals surface area contributed by atoms with Crippen LogP contribution in [0.5, 0.6) is 0 Å². The second kappa shape index (κ2) is 10.1. The summed E-state index contributed by atoms with van der Waals surface area (Å²) in [5, 5.41) is 9.32. The van der Waals surface area contributed by atoms with Gasteiger partial charge in [0.15, 0.2) is 20.8 Å². The summed E-state index contributed by atoms with van der Waals surface area (Å²) in [6.07, 6.45) is 1.98. The average Bonchev–Trinajstić information content (AvgIpc) is 3.20. The zero-order valence-electron chi connectivity index (χ0n) is 17.9. The first-order valence-electron chi connectivity index (χ1n) is 10.5. The molecule has 0 saturated carbocycles. The fraction of sp³-hybridized carbons (Fsp3) is 0.200. The largest absolute Gasteiger partial charge is 0.273 e. The molecule has 0 aliphatic heterocycles. The van der Waals surface area contributed by atoms with Gasteiger partial charge < -0.3 is 0 Å². The molecule has 0 spiro atoms. The minimum atomic E-state index is -3.54. The number of aryl methyl sites for hydroxylation is 2. The van der Waals surface area contributed by atoms with E-state index in [4.69, 9.17) is 0 Å². The van der Waals surface area contributed by atoms with E-state index in [0.717, 1.165) is 29.8 Å². The zero-order valence-corrected chi connectivity index (χ0v) is 19.5. The Bertz CT molecular complexity index is 1250. The van der Waals surface area contributed by atoms with Gasteiger partial charge in [-0.3, -0.25) is 4.57 Å². The van der Waals surface area contributed by atoms with Crippen LogP contribution < -0.4 is 0 Å². The zero-order chi connectivity index (χ0) is 22.4. The van der Waals surface area contributed by atoms with Crippen LogP contribution in [0.25, 0.3) is 5.69 Å². The first-order valence-corrected chi connectivity index (χ1v) is 13.1. The van der Waals surface area contributed by atoms with E-state index in [0.29, 0.717) is 15.9 Å². The summed E-state index contributed by atoms with van der Waals surface area (Å²) in [7, 11) is -3.54. The van der Waals surface area contributed by atoms with Crippen LogP contribution in [0.4, 0.5) is 0 Å². The molecule has 0 N–H and O–H groups in total. The van der Waals surface area contributed by atoms with Gasteiger partial charge in [0.2, 0.25) is 0 Å². The minimum absolute atomic E-state index is 0.206. The predicted octanol–water partition coefficient (Wildman–Crippen LogP) is 5.27. The number of para-hydroxylation sites is 1. The van der Waals surface area contributed by atoms with E-state index < -0.39 is 9.84 Å². The monoisotopic (exact) mass is 463 g/mol. The quantitative estimate of drug-likeness (QED) is 0.250. The van der Waals surface area contributed by atoms with Gasteiger partial charge in [-0.05, 0) is 49.6 Å². The number of hydrogen-bond acceptors (Lipinski definition) is 5. The van der Waals surface area contributed by atoms with Crippen molar-refractivity contribution in [2.24, 2.45) is 0 Å². The number of sulfone groups is 1. The molecule has 4 rings (SSSR count). The van der Waals surface area contributed by atoms with E-state index in [2.05, 4.69) is 34.5 Å². The van der Waals surface area contributed by atoms with Gasteiger partial charge in [-0.1, -0.05) is 78.0 Å². The topological polar surface area (TPSA) is 64.8 Å². The fourth-order valence-electron chi connectivity index (χ4n) is 3.41. The molecular formula is C25H25N3O2S2. The van der Waals surface area contributed by atoms with Crippen LogP contribution >= 0.6 is 11.8 Å². The molecule has 0 radical (unpaired) electrons. The molecule has 0 unspecified atom stereocenters. The lowest BCUT2D eigenvalue weighted by Gasteiger charge is -2.11. The Hall–Kier alpha value is -2.90. The third-order valence-electron chi connectivity index (χ3n) is 5.10. The molecule has 5 nitrogen and oxygen atoms in total. The van der Waals surface area contributed by atoms with Gasteiger partial charge in [0.25, 0.3) is 0 Å². The highest BCUT2D eigenvalue weighted by molar-refractivity contribution is 7.99. The third kappa shape index (κ3) is 5.47. The number of nitrogens with zero attached hydrogens (tertiary/aromatic N) is 3. The normalized spacial score (nSPS) is 11.5. The van der Waals surface area contributed by atoms with Gasteiger partial charge in [-0.2, -0.15) is 0 Å². The summed E-state index contributed by atoms with van der Waals surface area (Å²) >= 11 is 1.60. The lowest BCUT2D eigenvalue weighted by molar-refractivity contribution is 0.593. The van der Waals surface area contributed by atoms with Crippen LogP contribution in [0.3, 0.4) is 0 Å². The molecule has 0 bridgehead atoms. The fourth-order valence-corrected chi connectivity index (χ4v) is 5.56. The number of aromatic nitrogens is 3. The van der Waals surface area contributed by atoms with Gasteiger partial charge in [-0.25, -0.2) is 8.42 Å². The highest BCUT2D eigenvalue weighted by Crippen LogP contribution is 2.25. The van der Waals surface area contributed by atoms with E-state index in [1.807, 2.05) is 60.0 Å². The second-order valence-corrected chi connectivity index (χ2v) is 10.6. The van der Waals surface area contributed by atoms with E-state index in [1.165, 1.54) is 5.56 Å². The molecule has 0 amide bonds. The second-order valence-electron chi connectivity index (χ2n) is 7.58. The highest BCUT2D eigenvalue weighted by Gasteiger charge is 2.22. The summed E-state index contributed by atoms with van der Waals surface area (Å²) in [5.41, 5.74) is 3.19. The Morgan fingerprint density at radius 3 is 2.19 bits per heavy atom. The Kier molecular flexibility index (Phi) is 7.07. The Morgan fingerprint density at radius 2 is 1.50 bits per heavy atom. The number of thioether (sulfide) groups is 1. The predicted molar refractivity (Wildman–Crippen MR) is 129 cm³/mol. The van der Waals surface area contributed by atoms with Crippen LogP contribution in [-0.4, -0.2) is 28.9 Å². The third-order valence-corrected chi connectivity index (χ3v) is 7.74. The summed E-state index contributed by atoms with van der Waals surface area (Å²) in [6.45, 7) is 1.93. The van der Waals surface area contributed by atoms with E-state index in [-0.39, 0.29) is 5.75 Å². The summed E-state index contributed by atoms with van der Waals surface area (Å²) in [6, 6.07) is 27.0. The van der Waals surface area contributed by atoms with Crippen LogP contribution in [0.1, 0.15) is 23.4 Å². The van der Waals surface area contributed by atoms with Crippen LogP contribution in [-0.2, 0) is 22.0 Å². The van der Waals surface area contributed by atoms with Crippen molar-refractivity contribution >= 4 is 21.6 Å². The van der Waals surface area contributed by atoms with Crippen LogP contribution in [0.2, 0.25) is 0 Å². The molecule has 0 aliphatic carbocycles. The Labute approximate surface area is 193 Å². The molecule has 1 heterocycles. The van der Waals surface area contributed by atoms with Crippen LogP contribution in [0.15, 0.2) is 95.0 Å². The molecule has 32 heavy (non-hydrogen) atoms. The maximum atomic E-state index is 13.0. The molecule has 164 valence electrons. The number of rotatable bonds is 9. The van der Waals surface area contributed by atoms with Gasteiger partial charge >= 0.3 is 0 Å². The van der Waals surface area contributed by atoms with Gasteiger partial charge in [0.1, 0.15) is 5.75 Å². The van der Waals surface area contributed by atoms with Gasteiger partial charge in [0, 0.05) is 11.4 Å². The van der Waals surface area contributed by atoms with Crippen molar-refractivity contribution in [3.63, 3.8) is 0 Å². The maximum absolute atomic E-state index is 13.0. The van der Waals surface area contributed by atoms with E-state index in [1.54, 1.807) is 23.9 Å². The lowest BCUT2D eigenvalue weighted by Crippen LogP contribution is -2.11. The van der Waals surface area contributed by atoms with Crippen molar-refractivity contribution in [3.05, 3.63) is 102 Å². The van der Waals surface area contributed by atoms with Gasteiger partial charge in [0.05, 0.1) is 4.90 Å². The maximum Gasteiger partial charge on any atom is 0.195 e. The molecule has 0 saturated heterocycles. The Morgan fingerprint density at radius 1 is 0.844 bits per heavy atom. The molecule has 7 heteroatoms. The van der Waals surface area contributed by atoms with Gasteiger partial charge in [-0.15, -0.1) is 10.2 Å². The summed E-state index contributed by atoms with van der Waals surface area (Å²) in [4.78, 5) is 0.294. The first kappa shape index (κ1) is 22.3. The van der Waals surface area contributed by atoms with Crippen molar-refractivity contribution in [2.45, 2.75) is 35.6 Å². The van der Waals surface area contributed by atoms with Crippen molar-refractivity contribution in [3.8, 4) is 5.69 Å². The van der Waals surface area contributed by atoms with Crippen molar-refractivity contribution in [1.29, 1.82) is 0 Å². The molecular weight excluding hydrogens is 438 g/mol. The molecule has 4 aromatic rings. The van der Waals surface area contributed by atoms with Crippen LogP contribution in [0, 0.1) is 6.92 Å². The first-order chi connectivity index (χ1) is 15.5. The highest BCUT2D eigenvalue weighted by atomic mass is 32.2. The van der Waals surface area contributed by atoms with E-state index >= 15 is 0 Å². The summed E-state index contributed by atoms with van der Waals surface area (Å²) < 4.78 is 27.9. The Balaban J connectivity index is 1.55. The van der Waals surface area contributed by atoms with E-state index in [9.17, 15) is 8.42 Å². The lowest BCUT2D eigenvalue weighted by atomic mass is 10.1. The molecule has 0 aliphatic rings. The van der Waals surface area contributed by atoms with Crippen molar-refractivity contribution in [1.82, 2.24) is 14.8 Å². The number of benzene rings is 3. The standard InChI is InChI=1S/C25H25N3O2S2/c1-20-14-16-23(17-15-20)32(29,30)19-24-26-27-25(28(24)22-12-6-3-7-13-22)31-18-8-11-21-9-4-2-5-10-21/h2-7,9-10,12-17H,8,11,18-19H2,1H3. The smallest absolute Gasteiger partial charge is 0.195 e. The SMILES string of the molecule is Cc1ccc(S(=O)(=O)Cc2nnc(SCCCc3ccccc3)n2-c2ccccc2)cc1. The minimum Gasteiger partial charge on any atom is -0.273 e. The molecule has 0 fully saturated rings. The van der Waals surface area contributed by atoms with Crippen molar-refractivity contribution < 1.29 is 8.42 Å². The summed E-state index contributed by atoms with van der Waals surface area (Å²) in [5.74, 6) is 1.08.